The number of rotatable bonds is 11. The number of carbonyl (C=O) groups is 6. The van der Waals surface area contributed by atoms with Gasteiger partial charge in [-0.15, -0.1) is 11.3 Å². The number of β-lactam (4-membered cyclic amide) rings is 1. The van der Waals surface area contributed by atoms with Gasteiger partial charge in [-0.05, 0) is 72.6 Å². The van der Waals surface area contributed by atoms with Gasteiger partial charge in [-0.25, -0.2) is 14.8 Å². The molecule has 3 aliphatic rings. The molecule has 0 radical (unpaired) electrons. The van der Waals surface area contributed by atoms with Gasteiger partial charge in [-0.2, -0.15) is 0 Å². The van der Waals surface area contributed by atoms with Crippen molar-refractivity contribution in [2.75, 3.05) is 13.1 Å². The van der Waals surface area contributed by atoms with Crippen LogP contribution in [0.4, 0.5) is 4.79 Å². The molecule has 0 aliphatic carbocycles. The van der Waals surface area contributed by atoms with Crippen LogP contribution in [0.5, 0.6) is 0 Å². The van der Waals surface area contributed by atoms with E-state index >= 15 is 0 Å². The van der Waals surface area contributed by atoms with Crippen LogP contribution < -0.4 is 5.43 Å². The first-order chi connectivity index (χ1) is 22.4. The van der Waals surface area contributed by atoms with Crippen LogP contribution in [0.25, 0.3) is 0 Å². The summed E-state index contributed by atoms with van der Waals surface area (Å²) in [6, 6.07) is 2.25. The zero-order chi connectivity index (χ0) is 35.5. The lowest BCUT2D eigenvalue weighted by Crippen LogP contribution is -2.60. The summed E-state index contributed by atoms with van der Waals surface area (Å²) in [5.74, 6) is -2.85. The fourth-order valence-corrected chi connectivity index (χ4v) is 8.51. The van der Waals surface area contributed by atoms with Crippen molar-refractivity contribution in [3.8, 4) is 0 Å². The lowest BCUT2D eigenvalue weighted by atomic mass is 9.90. The van der Waals surface area contributed by atoms with E-state index in [1.165, 1.54) is 48.8 Å². The van der Waals surface area contributed by atoms with Crippen LogP contribution in [0.15, 0.2) is 22.7 Å². The molecule has 1 N–H and O–H groups in total. The van der Waals surface area contributed by atoms with Gasteiger partial charge in [0.05, 0.1) is 46.0 Å². The number of Topliss-reactive ketones (excluding diaryl/α,β-unsaturated/α-hetero) is 3. The standard InChI is InChI=1S/C32H37ClN6O7S2/c1-15-9-10-21(25(33)17(15)3)27(43)35-38-12-16(2)39(30(38)45)32(19(5)41)14-37-28(44)22(29(37)48-32)11-24(42)26(23-13-47-20(6)34-23)36-46-31(7,8)18(4)40/h9-10,13,16,22,29H,11-12,14H2,1-8H3,(H,35,43)/b36-26-/t16?,22-,29?,32-/m1/s1. The van der Waals surface area contributed by atoms with Crippen molar-refractivity contribution in [2.24, 2.45) is 11.1 Å². The number of thiazole rings is 1. The number of urea groups is 1. The highest BCUT2D eigenvalue weighted by atomic mass is 35.5. The fraction of sp³-hybridized carbons (Fsp3) is 0.500. The number of hydrogen-bond donors (Lipinski definition) is 1. The highest BCUT2D eigenvalue weighted by Gasteiger charge is 2.65. The van der Waals surface area contributed by atoms with Crippen LogP contribution >= 0.6 is 34.7 Å². The lowest BCUT2D eigenvalue weighted by Gasteiger charge is -2.41. The van der Waals surface area contributed by atoms with Crippen LogP contribution in [-0.4, -0.2) is 95.7 Å². The molecule has 256 valence electrons. The summed E-state index contributed by atoms with van der Waals surface area (Å²) < 4.78 is 0. The molecule has 0 bridgehead atoms. The number of aryl methyl sites for hydroxylation is 2. The van der Waals surface area contributed by atoms with Gasteiger partial charge in [0.1, 0.15) is 5.69 Å². The van der Waals surface area contributed by atoms with E-state index in [0.717, 1.165) is 27.9 Å². The Morgan fingerprint density at radius 2 is 1.85 bits per heavy atom. The normalized spacial score (nSPS) is 24.1. The second-order valence-corrected chi connectivity index (χ2v) is 15.7. The fourth-order valence-electron chi connectivity index (χ4n) is 5.78. The molecular formula is C32H37ClN6O7S2. The van der Waals surface area contributed by atoms with Crippen molar-refractivity contribution in [1.82, 2.24) is 25.2 Å². The van der Waals surface area contributed by atoms with Gasteiger partial charge in [0.25, 0.3) is 5.91 Å². The average Bonchev–Trinajstić information content (AvgIpc) is 3.68. The first kappa shape index (κ1) is 35.5. The molecule has 48 heavy (non-hydrogen) atoms. The van der Waals surface area contributed by atoms with Gasteiger partial charge in [-0.1, -0.05) is 34.6 Å². The molecule has 13 nitrogen and oxygen atoms in total. The van der Waals surface area contributed by atoms with Crippen molar-refractivity contribution in [3.63, 3.8) is 0 Å². The first-order valence-electron chi connectivity index (χ1n) is 15.3. The number of aromatic nitrogens is 1. The summed E-state index contributed by atoms with van der Waals surface area (Å²) in [6.07, 6.45) is -0.247. The third-order valence-corrected chi connectivity index (χ3v) is 12.2. The molecule has 3 aliphatic heterocycles. The first-order valence-corrected chi connectivity index (χ1v) is 17.4. The van der Waals surface area contributed by atoms with Crippen LogP contribution in [0, 0.1) is 26.7 Å². The summed E-state index contributed by atoms with van der Waals surface area (Å²) in [5.41, 5.74) is 3.38. The SMILES string of the molecule is CC(=O)C(C)(C)O/N=C(\C(=O)C[C@@H]1C(=O)N2C[C@@](C(C)=O)(N3C(=O)N(NC(=O)c4ccc(C)c(C)c4Cl)CC3C)SC12)c1csc(C)n1. The third kappa shape index (κ3) is 6.11. The van der Waals surface area contributed by atoms with Gasteiger partial charge in [-0.3, -0.25) is 34.3 Å². The predicted octanol–water partition coefficient (Wildman–Crippen LogP) is 4.06. The number of hydrazine groups is 1. The van der Waals surface area contributed by atoms with Crippen LogP contribution in [0.2, 0.25) is 5.02 Å². The molecule has 0 spiro atoms. The Balaban J connectivity index is 1.34. The van der Waals surface area contributed by atoms with Gasteiger partial charge < -0.3 is 9.74 Å². The van der Waals surface area contributed by atoms with Gasteiger partial charge in [0, 0.05) is 11.8 Å². The van der Waals surface area contributed by atoms with Crippen molar-refractivity contribution in [2.45, 2.75) is 83.7 Å². The molecule has 3 fully saturated rings. The second-order valence-electron chi connectivity index (χ2n) is 12.8. The Morgan fingerprint density at radius 1 is 1.17 bits per heavy atom. The maximum atomic E-state index is 13.8. The van der Waals surface area contributed by atoms with Crippen LogP contribution in [0.1, 0.15) is 73.2 Å². The highest BCUT2D eigenvalue weighted by molar-refractivity contribution is 8.02. The number of halogens is 1. The summed E-state index contributed by atoms with van der Waals surface area (Å²) in [4.78, 5) is 90.8. The molecule has 16 heteroatoms. The molecule has 1 aromatic heterocycles. The van der Waals surface area contributed by atoms with E-state index in [4.69, 9.17) is 16.4 Å². The molecule has 5 rings (SSSR count). The highest BCUT2D eigenvalue weighted by Crippen LogP contribution is 2.53. The lowest BCUT2D eigenvalue weighted by molar-refractivity contribution is -0.152. The van der Waals surface area contributed by atoms with Crippen LogP contribution in [0.3, 0.4) is 0 Å². The maximum Gasteiger partial charge on any atom is 0.340 e. The smallest absolute Gasteiger partial charge is 0.340 e. The summed E-state index contributed by atoms with van der Waals surface area (Å²) >= 11 is 8.89. The monoisotopic (exact) mass is 716 g/mol. The minimum absolute atomic E-state index is 0.0653. The number of fused-ring (bicyclic) bond motifs is 1. The summed E-state index contributed by atoms with van der Waals surface area (Å²) in [7, 11) is 0. The molecule has 2 aromatic rings. The van der Waals surface area contributed by atoms with Gasteiger partial charge in [0.15, 0.2) is 33.5 Å². The Bertz CT molecular complexity index is 1780. The maximum absolute atomic E-state index is 13.8. The Morgan fingerprint density at radius 3 is 2.46 bits per heavy atom. The number of benzene rings is 1. The molecule has 2 unspecified atom stereocenters. The van der Waals surface area contributed by atoms with Gasteiger partial charge in [0.2, 0.25) is 5.91 Å². The topological polar surface area (TPSA) is 159 Å². The number of hydrogen-bond acceptors (Lipinski definition) is 11. The number of nitrogens with zero attached hydrogens (tertiary/aromatic N) is 5. The number of ketones is 3. The third-order valence-electron chi connectivity index (χ3n) is 9.10. The largest absolute Gasteiger partial charge is 0.381 e. The molecular weight excluding hydrogens is 680 g/mol. The van der Waals surface area contributed by atoms with Crippen molar-refractivity contribution in [1.29, 1.82) is 0 Å². The van der Waals surface area contributed by atoms with E-state index < -0.39 is 45.5 Å². The number of carbonyl (C=O) groups excluding carboxylic acids is 6. The van der Waals surface area contributed by atoms with Gasteiger partial charge >= 0.3 is 6.03 Å². The summed E-state index contributed by atoms with van der Waals surface area (Å²) in [5, 5.41) is 7.23. The molecule has 0 saturated carbocycles. The Kier molecular flexibility index (Phi) is 9.53. The minimum Gasteiger partial charge on any atom is -0.381 e. The Hall–Kier alpha value is -3.82. The average molecular weight is 717 g/mol. The second kappa shape index (κ2) is 12.9. The summed E-state index contributed by atoms with van der Waals surface area (Å²) in [6.45, 7) is 13.0. The molecule has 4 atom stereocenters. The quantitative estimate of drug-likeness (QED) is 0.206. The van der Waals surface area contributed by atoms with E-state index in [9.17, 15) is 28.8 Å². The van der Waals surface area contributed by atoms with E-state index in [0.29, 0.717) is 5.01 Å². The number of amides is 4. The van der Waals surface area contributed by atoms with E-state index in [2.05, 4.69) is 15.6 Å². The zero-order valence-corrected chi connectivity index (χ0v) is 30.3. The van der Waals surface area contributed by atoms with E-state index in [-0.39, 0.29) is 59.0 Å². The predicted molar refractivity (Wildman–Crippen MR) is 181 cm³/mol. The molecule has 4 amide bonds. The minimum atomic E-state index is -1.44. The number of thioether (sulfide) groups is 1. The van der Waals surface area contributed by atoms with E-state index in [1.807, 2.05) is 6.92 Å². The van der Waals surface area contributed by atoms with Crippen molar-refractivity contribution >= 4 is 75.6 Å². The number of oxime groups is 1. The molecule has 4 heterocycles. The molecule has 1 aromatic carbocycles. The van der Waals surface area contributed by atoms with Crippen molar-refractivity contribution in [3.05, 3.63) is 49.9 Å². The zero-order valence-electron chi connectivity index (χ0n) is 27.9. The number of nitrogens with one attached hydrogen (secondary N) is 1. The van der Waals surface area contributed by atoms with Crippen LogP contribution in [-0.2, 0) is 24.0 Å². The van der Waals surface area contributed by atoms with E-state index in [1.54, 1.807) is 38.3 Å². The van der Waals surface area contributed by atoms with Crippen molar-refractivity contribution < 1.29 is 33.6 Å². The molecule has 3 saturated heterocycles. The Labute approximate surface area is 291 Å².